The van der Waals surface area contributed by atoms with Crippen LogP contribution < -0.4 is 15.1 Å². The molecular formula is C19H24N2O2P2. The Morgan fingerprint density at radius 1 is 1.00 bits per heavy atom. The van der Waals surface area contributed by atoms with Crippen molar-refractivity contribution in [1.82, 2.24) is 0 Å². The zero-order chi connectivity index (χ0) is 17.5. The molecule has 132 valence electrons. The normalized spacial score (nSPS) is 15.2. The lowest BCUT2D eigenvalue weighted by atomic mass is 9.98. The van der Waals surface area contributed by atoms with E-state index in [1.54, 1.807) is 0 Å². The van der Waals surface area contributed by atoms with Crippen LogP contribution in [0.5, 0.6) is 5.75 Å². The van der Waals surface area contributed by atoms with Crippen LogP contribution in [-0.4, -0.2) is 12.0 Å². The minimum Gasteiger partial charge on any atom is -0.490 e. The van der Waals surface area contributed by atoms with Crippen LogP contribution in [0, 0.1) is 0 Å². The molecule has 3 rings (SSSR count). The molecule has 0 spiro atoms. The van der Waals surface area contributed by atoms with Crippen LogP contribution in [0.1, 0.15) is 42.5 Å². The maximum absolute atomic E-state index is 12.5. The molecule has 1 aliphatic rings. The third-order valence-electron chi connectivity index (χ3n) is 4.35. The summed E-state index contributed by atoms with van der Waals surface area (Å²) in [6.07, 6.45) is 6.38. The van der Waals surface area contributed by atoms with Crippen molar-refractivity contribution >= 4 is 34.6 Å². The first-order valence-electron chi connectivity index (χ1n) is 8.65. The standard InChI is InChI=1S/C19H24N2O2P2/c22-19(20-17-8-4-5-9-18(17)21-25-24)14-10-12-16(13-11-14)23-15-6-2-1-3-7-15/h4-5,8-13,15,21,25H,1-3,6-7,24H2,(H,20,22). The molecule has 2 aromatic rings. The molecule has 1 fully saturated rings. The van der Waals surface area contributed by atoms with Crippen LogP contribution >= 0.6 is 17.3 Å². The van der Waals surface area contributed by atoms with Gasteiger partial charge in [-0.25, -0.2) is 0 Å². The Morgan fingerprint density at radius 3 is 2.36 bits per heavy atom. The summed E-state index contributed by atoms with van der Waals surface area (Å²) in [5.41, 5.74) is 2.32. The molecule has 0 saturated heterocycles. The Kier molecular flexibility index (Phi) is 6.67. The molecule has 1 aliphatic carbocycles. The largest absolute Gasteiger partial charge is 0.490 e. The highest BCUT2D eigenvalue weighted by Crippen LogP contribution is 2.30. The molecule has 0 aromatic heterocycles. The minimum atomic E-state index is -0.120. The lowest BCUT2D eigenvalue weighted by Crippen LogP contribution is -2.19. The van der Waals surface area contributed by atoms with Crippen LogP contribution in [0.4, 0.5) is 11.4 Å². The van der Waals surface area contributed by atoms with E-state index in [9.17, 15) is 4.79 Å². The summed E-state index contributed by atoms with van der Waals surface area (Å²) in [6, 6.07) is 15.1. The fraction of sp³-hybridized carbons (Fsp3) is 0.316. The summed E-state index contributed by atoms with van der Waals surface area (Å²) in [5.74, 6) is 0.722. The molecule has 0 aliphatic heterocycles. The number of ether oxygens (including phenoxy) is 1. The molecule has 0 heterocycles. The average molecular weight is 374 g/mol. The van der Waals surface area contributed by atoms with Crippen LogP contribution in [-0.2, 0) is 0 Å². The van der Waals surface area contributed by atoms with Crippen molar-refractivity contribution in [3.63, 3.8) is 0 Å². The van der Waals surface area contributed by atoms with E-state index in [0.29, 0.717) is 20.1 Å². The molecule has 6 heteroatoms. The Labute approximate surface area is 153 Å². The van der Waals surface area contributed by atoms with E-state index in [1.165, 1.54) is 19.3 Å². The van der Waals surface area contributed by atoms with Gasteiger partial charge in [0.05, 0.1) is 17.5 Å². The van der Waals surface area contributed by atoms with Crippen molar-refractivity contribution < 1.29 is 9.53 Å². The third kappa shape index (κ3) is 5.17. The summed E-state index contributed by atoms with van der Waals surface area (Å²) in [5, 5.41) is 6.21. The molecule has 0 radical (unpaired) electrons. The number of carbonyl (C=O) groups excluding carboxylic acids is 1. The predicted octanol–water partition coefficient (Wildman–Crippen LogP) is 5.45. The number of hydrogen-bond acceptors (Lipinski definition) is 3. The third-order valence-corrected chi connectivity index (χ3v) is 5.20. The van der Waals surface area contributed by atoms with E-state index in [0.717, 1.165) is 30.0 Å². The van der Waals surface area contributed by atoms with E-state index in [-0.39, 0.29) is 5.91 Å². The molecule has 1 saturated carbocycles. The lowest BCUT2D eigenvalue weighted by molar-refractivity contribution is 0.102. The van der Waals surface area contributed by atoms with Gasteiger partial charge < -0.3 is 15.1 Å². The van der Waals surface area contributed by atoms with Crippen molar-refractivity contribution in [3.8, 4) is 5.75 Å². The lowest BCUT2D eigenvalue weighted by Gasteiger charge is -2.23. The van der Waals surface area contributed by atoms with Gasteiger partial charge in [-0.05, 0) is 70.5 Å². The molecule has 4 nitrogen and oxygen atoms in total. The van der Waals surface area contributed by atoms with Crippen molar-refractivity contribution in [2.24, 2.45) is 0 Å². The van der Waals surface area contributed by atoms with Crippen LogP contribution in [0.15, 0.2) is 48.5 Å². The van der Waals surface area contributed by atoms with Gasteiger partial charge in [-0.15, -0.1) is 0 Å². The number of carbonyl (C=O) groups is 1. The van der Waals surface area contributed by atoms with Crippen LogP contribution in [0.3, 0.4) is 0 Å². The van der Waals surface area contributed by atoms with Gasteiger partial charge in [0.15, 0.2) is 0 Å². The monoisotopic (exact) mass is 374 g/mol. The molecule has 2 N–H and O–H groups in total. The summed E-state index contributed by atoms with van der Waals surface area (Å²) in [6.45, 7) is 0. The van der Waals surface area contributed by atoms with Gasteiger partial charge in [0, 0.05) is 5.56 Å². The Bertz CT molecular complexity index is 701. The average Bonchev–Trinajstić information content (AvgIpc) is 2.65. The highest BCUT2D eigenvalue weighted by atomic mass is 32.0. The number of benzene rings is 2. The number of rotatable bonds is 6. The summed E-state index contributed by atoms with van der Waals surface area (Å²) in [7, 11) is 3.14. The SMILES string of the molecule is O=C(Nc1ccccc1NPP)c1ccc(OC2CCCCC2)cc1. The Hall–Kier alpha value is -1.63. The van der Waals surface area contributed by atoms with Gasteiger partial charge >= 0.3 is 0 Å². The highest BCUT2D eigenvalue weighted by Gasteiger charge is 2.15. The van der Waals surface area contributed by atoms with E-state index >= 15 is 0 Å². The van der Waals surface area contributed by atoms with E-state index in [2.05, 4.69) is 19.3 Å². The fourth-order valence-electron chi connectivity index (χ4n) is 3.03. The topological polar surface area (TPSA) is 50.4 Å². The van der Waals surface area contributed by atoms with Gasteiger partial charge in [-0.3, -0.25) is 4.79 Å². The van der Waals surface area contributed by atoms with Gasteiger partial charge in [0.25, 0.3) is 5.91 Å². The quantitative estimate of drug-likeness (QED) is 0.662. The van der Waals surface area contributed by atoms with Crippen molar-refractivity contribution in [2.75, 3.05) is 10.4 Å². The zero-order valence-corrected chi connectivity index (χ0v) is 16.3. The number of hydrogen-bond donors (Lipinski definition) is 2. The highest BCUT2D eigenvalue weighted by molar-refractivity contribution is 8.03. The number of anilines is 2. The predicted molar refractivity (Wildman–Crippen MR) is 110 cm³/mol. The number of amides is 1. The summed E-state index contributed by atoms with van der Waals surface area (Å²) >= 11 is 0. The van der Waals surface area contributed by atoms with Crippen molar-refractivity contribution in [2.45, 2.75) is 38.2 Å². The minimum absolute atomic E-state index is 0.120. The van der Waals surface area contributed by atoms with Crippen LogP contribution in [0.25, 0.3) is 0 Å². The van der Waals surface area contributed by atoms with Gasteiger partial charge in [-0.2, -0.15) is 0 Å². The Balaban J connectivity index is 1.62. The van der Waals surface area contributed by atoms with Crippen LogP contribution in [0.2, 0.25) is 0 Å². The van der Waals surface area contributed by atoms with Crippen molar-refractivity contribution in [3.05, 3.63) is 54.1 Å². The first-order chi connectivity index (χ1) is 12.3. The number of para-hydroxylation sites is 2. The smallest absolute Gasteiger partial charge is 0.255 e. The molecule has 2 unspecified atom stereocenters. The molecule has 2 aromatic carbocycles. The van der Waals surface area contributed by atoms with E-state index in [4.69, 9.17) is 4.74 Å². The summed E-state index contributed by atoms with van der Waals surface area (Å²) in [4.78, 5) is 12.5. The van der Waals surface area contributed by atoms with E-state index < -0.39 is 0 Å². The molecule has 1 amide bonds. The summed E-state index contributed by atoms with van der Waals surface area (Å²) < 4.78 is 6.02. The van der Waals surface area contributed by atoms with Gasteiger partial charge in [0.2, 0.25) is 0 Å². The Morgan fingerprint density at radius 2 is 1.68 bits per heavy atom. The molecule has 2 atom stereocenters. The molecule has 0 bridgehead atoms. The second kappa shape index (κ2) is 9.17. The van der Waals surface area contributed by atoms with Crippen molar-refractivity contribution in [1.29, 1.82) is 0 Å². The molecular weight excluding hydrogens is 350 g/mol. The second-order valence-corrected chi connectivity index (χ2v) is 7.58. The molecule has 25 heavy (non-hydrogen) atoms. The number of nitrogens with one attached hydrogen (secondary N) is 2. The first kappa shape index (κ1) is 18.2. The maximum Gasteiger partial charge on any atom is 0.255 e. The van der Waals surface area contributed by atoms with Gasteiger partial charge in [0.1, 0.15) is 5.75 Å². The first-order valence-corrected chi connectivity index (χ1v) is 11.5. The zero-order valence-electron chi connectivity index (χ0n) is 14.1. The second-order valence-electron chi connectivity index (χ2n) is 6.17. The van der Waals surface area contributed by atoms with E-state index in [1.807, 2.05) is 48.5 Å². The van der Waals surface area contributed by atoms with Gasteiger partial charge in [-0.1, -0.05) is 27.5 Å². The fourth-order valence-corrected chi connectivity index (χ4v) is 3.87. The maximum atomic E-state index is 12.5.